The molecule has 0 aromatic carbocycles. The van der Waals surface area contributed by atoms with Gasteiger partial charge in [0.05, 0.1) is 35.6 Å². The van der Waals surface area contributed by atoms with E-state index in [4.69, 9.17) is 0 Å². The van der Waals surface area contributed by atoms with Gasteiger partial charge < -0.3 is 10.2 Å². The lowest BCUT2D eigenvalue weighted by atomic mass is 9.59. The molecule has 0 spiro atoms. The van der Waals surface area contributed by atoms with E-state index >= 15 is 0 Å². The highest BCUT2D eigenvalue weighted by molar-refractivity contribution is 8.03. The number of allylic oxidation sites excluding steroid dienone is 1. The van der Waals surface area contributed by atoms with Crippen LogP contribution in [0.5, 0.6) is 0 Å². The summed E-state index contributed by atoms with van der Waals surface area (Å²) in [5.41, 5.74) is 0.279. The molecule has 1 aliphatic heterocycles. The van der Waals surface area contributed by atoms with Crippen LogP contribution >= 0.6 is 11.8 Å². The molecule has 1 aromatic heterocycles. The number of aromatic nitrogens is 2. The highest BCUT2D eigenvalue weighted by Crippen LogP contribution is 2.58. The summed E-state index contributed by atoms with van der Waals surface area (Å²) in [4.78, 5) is 25.0. The van der Waals surface area contributed by atoms with Gasteiger partial charge in [-0.1, -0.05) is 6.92 Å². The fourth-order valence-electron chi connectivity index (χ4n) is 4.62. The Morgan fingerprint density at radius 3 is 2.88 bits per heavy atom. The Kier molecular flexibility index (Phi) is 3.61. The number of thioether (sulfide) groups is 1. The Morgan fingerprint density at radius 2 is 2.25 bits per heavy atom. The van der Waals surface area contributed by atoms with Crippen LogP contribution in [0.2, 0.25) is 0 Å². The minimum Gasteiger partial charge on any atom is -0.478 e. The van der Waals surface area contributed by atoms with Gasteiger partial charge in [0.2, 0.25) is 0 Å². The number of rotatable bonds is 4. The van der Waals surface area contributed by atoms with Crippen molar-refractivity contribution in [1.82, 2.24) is 4.68 Å². The second-order valence-electron chi connectivity index (χ2n) is 7.07. The molecule has 128 valence electrons. The zero-order valence-corrected chi connectivity index (χ0v) is 14.4. The van der Waals surface area contributed by atoms with E-state index in [2.05, 4.69) is 9.36 Å². The van der Waals surface area contributed by atoms with Gasteiger partial charge in [0.25, 0.3) is 0 Å². The Bertz CT molecular complexity index is 733. The lowest BCUT2D eigenvalue weighted by Gasteiger charge is -2.43. The molecule has 0 radical (unpaired) electrons. The predicted molar refractivity (Wildman–Crippen MR) is 87.0 cm³/mol. The summed E-state index contributed by atoms with van der Waals surface area (Å²) in [6.07, 6.45) is 3.31. The Labute approximate surface area is 144 Å². The average molecular weight is 349 g/mol. The van der Waals surface area contributed by atoms with Gasteiger partial charge in [0, 0.05) is 12.0 Å². The smallest absolute Gasteiger partial charge is 0.333 e. The van der Waals surface area contributed by atoms with Crippen molar-refractivity contribution in [3.05, 3.63) is 28.9 Å². The normalized spacial score (nSPS) is 35.6. The molecule has 2 aliphatic carbocycles. The van der Waals surface area contributed by atoms with Gasteiger partial charge in [-0.3, -0.25) is 4.79 Å². The molecule has 4 rings (SSSR count). The molecule has 2 heterocycles. The molecule has 0 bridgehead atoms. The topological polar surface area (TPSA) is 83.4 Å². The van der Waals surface area contributed by atoms with Gasteiger partial charge in [0.1, 0.15) is 5.78 Å². The third-order valence-corrected chi connectivity index (χ3v) is 7.15. The minimum atomic E-state index is -0.987. The first-order valence-corrected chi connectivity index (χ1v) is 9.18. The zero-order chi connectivity index (χ0) is 17.2. The SMILES string of the molecule is C[C@@H](O)[C@H]1C(=O)C2C(C(=O)O)=C(SC3Cn4ccc[n+]4C3)[C@H](C)[C@@H]21. The number of nitrogens with zero attached hydrogens (tertiary/aromatic N) is 2. The first kappa shape index (κ1) is 15.9. The van der Waals surface area contributed by atoms with Crippen LogP contribution in [0, 0.1) is 23.7 Å². The number of aliphatic carboxylic acids is 1. The fraction of sp³-hybridized carbons (Fsp3) is 0.588. The van der Waals surface area contributed by atoms with Crippen molar-refractivity contribution >= 4 is 23.5 Å². The van der Waals surface area contributed by atoms with Crippen molar-refractivity contribution in [2.24, 2.45) is 23.7 Å². The van der Waals surface area contributed by atoms with Gasteiger partial charge in [-0.05, 0) is 23.7 Å². The maximum absolute atomic E-state index is 12.4. The van der Waals surface area contributed by atoms with Crippen molar-refractivity contribution in [2.75, 3.05) is 0 Å². The highest BCUT2D eigenvalue weighted by atomic mass is 32.2. The Balaban J connectivity index is 1.61. The minimum absolute atomic E-state index is 0.00774. The number of aliphatic hydroxyl groups is 1. The fourth-order valence-corrected chi connectivity index (χ4v) is 6.15. The van der Waals surface area contributed by atoms with E-state index in [0.29, 0.717) is 0 Å². The van der Waals surface area contributed by atoms with Crippen LogP contribution < -0.4 is 4.68 Å². The van der Waals surface area contributed by atoms with Crippen LogP contribution in [0.3, 0.4) is 0 Å². The van der Waals surface area contributed by atoms with Crippen LogP contribution in [-0.2, 0) is 22.7 Å². The van der Waals surface area contributed by atoms with Gasteiger partial charge in [-0.25, -0.2) is 4.79 Å². The molecule has 7 heteroatoms. The maximum Gasteiger partial charge on any atom is 0.333 e. The number of carboxylic acid groups (broad SMARTS) is 1. The number of carbonyl (C=O) groups excluding carboxylic acids is 1. The Morgan fingerprint density at radius 1 is 1.50 bits per heavy atom. The maximum atomic E-state index is 12.4. The highest BCUT2D eigenvalue weighted by Gasteiger charge is 2.61. The zero-order valence-electron chi connectivity index (χ0n) is 13.6. The van der Waals surface area contributed by atoms with Crippen LogP contribution in [-0.4, -0.2) is 38.0 Å². The number of hydrogen-bond donors (Lipinski definition) is 2. The third kappa shape index (κ3) is 2.10. The molecular weight excluding hydrogens is 328 g/mol. The quantitative estimate of drug-likeness (QED) is 0.782. The van der Waals surface area contributed by atoms with Crippen molar-refractivity contribution in [3.63, 3.8) is 0 Å². The van der Waals surface area contributed by atoms with Gasteiger partial charge >= 0.3 is 5.97 Å². The van der Waals surface area contributed by atoms with Gasteiger partial charge in [-0.15, -0.1) is 16.4 Å². The number of carboxylic acids is 1. The molecule has 0 saturated heterocycles. The number of hydrogen-bond acceptors (Lipinski definition) is 4. The first-order chi connectivity index (χ1) is 11.4. The lowest BCUT2D eigenvalue weighted by molar-refractivity contribution is -0.757. The first-order valence-electron chi connectivity index (χ1n) is 8.30. The van der Waals surface area contributed by atoms with E-state index in [1.807, 2.05) is 25.4 Å². The number of Topliss-reactive ketones (excluding diaryl/α,β-unsaturated/α-hetero) is 1. The number of aliphatic hydroxyl groups excluding tert-OH is 1. The third-order valence-electron chi connectivity index (χ3n) is 5.67. The van der Waals surface area contributed by atoms with E-state index in [1.54, 1.807) is 18.7 Å². The lowest BCUT2D eigenvalue weighted by Crippen LogP contribution is -2.53. The molecule has 1 saturated carbocycles. The number of fused-ring (bicyclic) bond motifs is 2. The average Bonchev–Trinajstić information content (AvgIpc) is 3.12. The standard InChI is InChI=1S/C17H20N2O4S/c1-8-11-12(9(2)20)15(21)13(11)14(17(22)23)16(8)24-10-6-18-4-3-5-19(18)7-10/h3-5,8-13,20H,6-7H2,1-2H3/p+1/t8-,9-,11-,12-,13?/m1/s1. The molecule has 24 heavy (non-hydrogen) atoms. The molecule has 6 nitrogen and oxygen atoms in total. The molecular formula is C17H21N2O4S+. The van der Waals surface area contributed by atoms with Crippen LogP contribution in [0.4, 0.5) is 0 Å². The Hall–Kier alpha value is -1.60. The summed E-state index contributed by atoms with van der Waals surface area (Å²) in [5, 5.41) is 19.8. The van der Waals surface area contributed by atoms with Crippen molar-refractivity contribution in [2.45, 2.75) is 38.3 Å². The van der Waals surface area contributed by atoms with Crippen molar-refractivity contribution in [3.8, 4) is 0 Å². The van der Waals surface area contributed by atoms with Crippen molar-refractivity contribution < 1.29 is 24.5 Å². The molecule has 1 unspecified atom stereocenters. The number of ketones is 1. The van der Waals surface area contributed by atoms with Crippen LogP contribution in [0.1, 0.15) is 13.8 Å². The van der Waals surface area contributed by atoms with E-state index in [9.17, 15) is 19.8 Å². The molecule has 1 aromatic rings. The van der Waals surface area contributed by atoms with Gasteiger partial charge in [0.15, 0.2) is 12.7 Å². The monoisotopic (exact) mass is 349 g/mol. The summed E-state index contributed by atoms with van der Waals surface area (Å²) in [7, 11) is 0. The summed E-state index contributed by atoms with van der Waals surface area (Å²) >= 11 is 1.61. The second kappa shape index (κ2) is 5.46. The van der Waals surface area contributed by atoms with Gasteiger partial charge in [-0.2, -0.15) is 4.68 Å². The van der Waals surface area contributed by atoms with E-state index < -0.39 is 23.9 Å². The summed E-state index contributed by atoms with van der Waals surface area (Å²) in [5.74, 6) is -2.12. The second-order valence-corrected chi connectivity index (χ2v) is 8.41. The van der Waals surface area contributed by atoms with E-state index in [1.165, 1.54) is 0 Å². The molecule has 0 amide bonds. The van der Waals surface area contributed by atoms with E-state index in [-0.39, 0.29) is 28.4 Å². The van der Waals surface area contributed by atoms with E-state index in [0.717, 1.165) is 18.0 Å². The summed E-state index contributed by atoms with van der Waals surface area (Å²) in [6, 6.07) is 1.99. The number of carbonyl (C=O) groups is 2. The summed E-state index contributed by atoms with van der Waals surface area (Å²) < 4.78 is 4.24. The van der Waals surface area contributed by atoms with Crippen LogP contribution in [0.25, 0.3) is 0 Å². The molecule has 1 fully saturated rings. The molecule has 5 atom stereocenters. The predicted octanol–water partition coefficient (Wildman–Crippen LogP) is 0.691. The molecule has 2 N–H and O–H groups in total. The van der Waals surface area contributed by atoms with Crippen LogP contribution in [0.15, 0.2) is 28.9 Å². The summed E-state index contributed by atoms with van der Waals surface area (Å²) in [6.45, 7) is 5.30. The van der Waals surface area contributed by atoms with Crippen molar-refractivity contribution in [1.29, 1.82) is 0 Å². The largest absolute Gasteiger partial charge is 0.478 e. The molecule has 3 aliphatic rings.